The van der Waals surface area contributed by atoms with E-state index < -0.39 is 0 Å². The van der Waals surface area contributed by atoms with Crippen molar-refractivity contribution in [2.24, 2.45) is 0 Å². The fraction of sp³-hybridized carbons (Fsp3) is 0.733. The Morgan fingerprint density at radius 1 is 0.531 bits per heavy atom. The summed E-state index contributed by atoms with van der Waals surface area (Å²) in [6, 6.07) is 7.28. The molecule has 280 valence electrons. The lowest BCUT2D eigenvalue weighted by atomic mass is 9.89. The summed E-state index contributed by atoms with van der Waals surface area (Å²) in [6.07, 6.45) is 42.3. The molecule has 0 bridgehead atoms. The number of nitrogens with zero attached hydrogens (tertiary/aromatic N) is 3. The maximum absolute atomic E-state index is 2.56. The van der Waals surface area contributed by atoms with Crippen molar-refractivity contribution >= 4 is 17.5 Å². The van der Waals surface area contributed by atoms with Crippen molar-refractivity contribution in [3.05, 3.63) is 52.9 Å². The van der Waals surface area contributed by atoms with Gasteiger partial charge >= 0.3 is 0 Å². The smallest absolute Gasteiger partial charge is 0.147 e. The molecule has 4 heteroatoms. The van der Waals surface area contributed by atoms with Gasteiger partial charge in [0.05, 0.1) is 13.1 Å². The summed E-state index contributed by atoms with van der Waals surface area (Å²) in [5.41, 5.74) is 8.82. The highest BCUT2D eigenvalue weighted by Crippen LogP contribution is 2.46. The number of unbranched alkanes of at least 4 members (excludes halogenated alkanes) is 22. The second-order valence-corrected chi connectivity index (χ2v) is 15.8. The number of halogens is 1. The molecule has 2 aliphatic rings. The van der Waals surface area contributed by atoms with Crippen LogP contribution in [0.4, 0.5) is 11.4 Å². The number of likely N-dealkylation sites (N-methyl/N-ethyl adjacent to an activating group) is 1. The summed E-state index contributed by atoms with van der Waals surface area (Å²) in [7, 11) is 8.82. The molecule has 3 rings (SSSR count). The van der Waals surface area contributed by atoms with E-state index in [-0.39, 0.29) is 17.0 Å². The average molecular weight is 741 g/mol. The molecule has 1 aromatic carbocycles. The number of hydrogen-bond acceptors (Lipinski definition) is 2. The van der Waals surface area contributed by atoms with Crippen LogP contribution in [0.15, 0.2) is 47.3 Å². The van der Waals surface area contributed by atoms with Gasteiger partial charge in [-0.2, -0.15) is 0 Å². The number of rotatable bonds is 28. The highest BCUT2D eigenvalue weighted by molar-refractivity contribution is 5.80. The minimum absolute atomic E-state index is 0. The Kier molecular flexibility index (Phi) is 22.7. The van der Waals surface area contributed by atoms with Crippen LogP contribution in [-0.4, -0.2) is 46.2 Å². The van der Waals surface area contributed by atoms with Gasteiger partial charge in [0.2, 0.25) is 0 Å². The Bertz CT molecular complexity index is 1120. The van der Waals surface area contributed by atoms with Crippen molar-refractivity contribution in [2.75, 3.05) is 46.2 Å². The number of allylic oxidation sites excluding steroid dienone is 3. The summed E-state index contributed by atoms with van der Waals surface area (Å²) in [6.45, 7) is 7.08. The molecular formula is C45H78BrN3. The van der Waals surface area contributed by atoms with Crippen LogP contribution >= 0.6 is 0 Å². The lowest BCUT2D eigenvalue weighted by molar-refractivity contribution is -0.0000103. The molecule has 0 fully saturated rings. The summed E-state index contributed by atoms with van der Waals surface area (Å²) in [5.74, 6) is 0. The van der Waals surface area contributed by atoms with Crippen LogP contribution in [0.1, 0.15) is 180 Å². The van der Waals surface area contributed by atoms with Crippen LogP contribution < -0.4 is 26.4 Å². The molecule has 3 nitrogen and oxygen atoms in total. The molecule has 1 atom stereocenters. The van der Waals surface area contributed by atoms with Gasteiger partial charge in [-0.15, -0.1) is 0 Å². The molecule has 0 spiro atoms. The SMILES string of the molecule is CCCCCCCCCCCCCCCC[N+]1(CCCCCCCCCCCC)C2=CC(N(C)C)=CCC2=Cc2ccc(N(C)C)cc21.[Br-]. The highest BCUT2D eigenvalue weighted by Gasteiger charge is 2.42. The van der Waals surface area contributed by atoms with Crippen molar-refractivity contribution in [1.29, 1.82) is 0 Å². The van der Waals surface area contributed by atoms with E-state index in [0.717, 1.165) is 10.9 Å². The first kappa shape index (κ1) is 43.6. The third-order valence-corrected chi connectivity index (χ3v) is 11.2. The van der Waals surface area contributed by atoms with Gasteiger partial charge in [0.25, 0.3) is 0 Å². The van der Waals surface area contributed by atoms with Crippen molar-refractivity contribution in [1.82, 2.24) is 9.38 Å². The molecule has 1 aliphatic heterocycles. The van der Waals surface area contributed by atoms with Gasteiger partial charge in [-0.1, -0.05) is 148 Å². The zero-order valence-corrected chi connectivity index (χ0v) is 34.9. The lowest BCUT2D eigenvalue weighted by Gasteiger charge is -2.45. The van der Waals surface area contributed by atoms with E-state index in [0.29, 0.717) is 0 Å². The van der Waals surface area contributed by atoms with Crippen LogP contribution in [0.2, 0.25) is 0 Å². The second-order valence-electron chi connectivity index (χ2n) is 15.8. The molecule has 0 saturated heterocycles. The minimum atomic E-state index is 0. The predicted octanol–water partition coefficient (Wildman–Crippen LogP) is 10.6. The van der Waals surface area contributed by atoms with E-state index in [1.165, 1.54) is 184 Å². The maximum atomic E-state index is 2.56. The molecule has 0 aromatic heterocycles. The number of anilines is 1. The molecule has 0 N–H and O–H groups in total. The second kappa shape index (κ2) is 25.4. The zero-order chi connectivity index (χ0) is 34.5. The molecule has 1 unspecified atom stereocenters. The molecule has 0 amide bonds. The van der Waals surface area contributed by atoms with Gasteiger partial charge in [-0.3, -0.25) is 4.48 Å². The van der Waals surface area contributed by atoms with Crippen molar-refractivity contribution in [3.63, 3.8) is 0 Å². The monoisotopic (exact) mass is 740 g/mol. The van der Waals surface area contributed by atoms with Gasteiger partial charge in [0.15, 0.2) is 0 Å². The van der Waals surface area contributed by atoms with Crippen LogP contribution in [0, 0.1) is 0 Å². The Balaban J connectivity index is 0.00000833. The average Bonchev–Trinajstić information content (AvgIpc) is 3.08. The summed E-state index contributed by atoms with van der Waals surface area (Å²) in [5, 5.41) is 0. The van der Waals surface area contributed by atoms with Crippen molar-refractivity contribution in [3.8, 4) is 0 Å². The third-order valence-electron chi connectivity index (χ3n) is 11.2. The van der Waals surface area contributed by atoms with E-state index in [1.54, 1.807) is 17.0 Å². The largest absolute Gasteiger partial charge is 1.00 e. The van der Waals surface area contributed by atoms with Gasteiger partial charge in [0, 0.05) is 62.9 Å². The first-order valence-electron chi connectivity index (χ1n) is 20.9. The zero-order valence-electron chi connectivity index (χ0n) is 33.3. The molecule has 49 heavy (non-hydrogen) atoms. The number of fused-ring (bicyclic) bond motifs is 2. The maximum Gasteiger partial charge on any atom is 0.147 e. The topological polar surface area (TPSA) is 6.48 Å². The normalized spacial score (nSPS) is 16.7. The minimum Gasteiger partial charge on any atom is -1.00 e. The Labute approximate surface area is 316 Å². The Morgan fingerprint density at radius 2 is 0.959 bits per heavy atom. The molecule has 1 heterocycles. The van der Waals surface area contributed by atoms with Crippen molar-refractivity contribution < 1.29 is 17.0 Å². The van der Waals surface area contributed by atoms with E-state index >= 15 is 0 Å². The van der Waals surface area contributed by atoms with Crippen LogP contribution in [0.5, 0.6) is 0 Å². The van der Waals surface area contributed by atoms with Crippen LogP contribution in [0.25, 0.3) is 6.08 Å². The molecule has 1 aromatic rings. The number of benzene rings is 1. The number of quaternary nitrogens is 1. The first-order valence-corrected chi connectivity index (χ1v) is 20.9. The molecule has 1 aliphatic carbocycles. The fourth-order valence-corrected chi connectivity index (χ4v) is 8.11. The fourth-order valence-electron chi connectivity index (χ4n) is 8.11. The highest BCUT2D eigenvalue weighted by atomic mass is 79.9. The van der Waals surface area contributed by atoms with Gasteiger partial charge in [-0.05, 0) is 50.3 Å². The third kappa shape index (κ3) is 14.9. The van der Waals surface area contributed by atoms with E-state index in [9.17, 15) is 0 Å². The van der Waals surface area contributed by atoms with Gasteiger partial charge in [0.1, 0.15) is 11.4 Å². The lowest BCUT2D eigenvalue weighted by Crippen LogP contribution is -3.00. The first-order chi connectivity index (χ1) is 23.4. The summed E-state index contributed by atoms with van der Waals surface area (Å²) in [4.78, 5) is 4.61. The summed E-state index contributed by atoms with van der Waals surface area (Å²) >= 11 is 0. The quantitative estimate of drug-likeness (QED) is 0.0624. The Hall–Kier alpha value is -1.52. The van der Waals surface area contributed by atoms with Crippen LogP contribution in [0.3, 0.4) is 0 Å². The molecular weight excluding hydrogens is 662 g/mol. The van der Waals surface area contributed by atoms with Gasteiger partial charge in [-0.25, -0.2) is 0 Å². The Morgan fingerprint density at radius 3 is 1.37 bits per heavy atom. The number of hydrogen-bond donors (Lipinski definition) is 0. The van der Waals surface area contributed by atoms with E-state index in [4.69, 9.17) is 0 Å². The van der Waals surface area contributed by atoms with E-state index in [1.807, 2.05) is 0 Å². The predicted molar refractivity (Wildman–Crippen MR) is 217 cm³/mol. The van der Waals surface area contributed by atoms with E-state index in [2.05, 4.69) is 88.3 Å². The van der Waals surface area contributed by atoms with Crippen molar-refractivity contribution in [2.45, 2.75) is 174 Å². The molecule has 0 radical (unpaired) electrons. The standard InChI is InChI=1S/C45H78N3.BrH/c1-7-9-11-13-15-17-19-20-21-22-24-26-28-30-36-48(35-29-27-25-23-18-16-14-12-10-8-2)44-38-42(46(3)4)33-31-40(44)37-41-32-34-43(47(5)6)39-45(41)48;/h31,33-34,37-39H,7-30,32,35-36H2,1-6H3;1H/q+1;/p-1. The summed E-state index contributed by atoms with van der Waals surface area (Å²) < 4.78 is 1.04. The molecule has 0 saturated carbocycles. The van der Waals surface area contributed by atoms with Gasteiger partial charge < -0.3 is 26.8 Å². The van der Waals surface area contributed by atoms with Crippen LogP contribution in [-0.2, 0) is 0 Å².